The van der Waals surface area contributed by atoms with Gasteiger partial charge in [-0.3, -0.25) is 4.79 Å². The molecule has 3 fully saturated rings. The number of ether oxygens (including phenoxy) is 2. The molecule has 1 aromatic rings. The average Bonchev–Trinajstić information content (AvgIpc) is 3.14. The van der Waals surface area contributed by atoms with Gasteiger partial charge in [0, 0.05) is 30.9 Å². The summed E-state index contributed by atoms with van der Waals surface area (Å²) >= 11 is 0. The van der Waals surface area contributed by atoms with E-state index in [9.17, 15) is 14.7 Å². The summed E-state index contributed by atoms with van der Waals surface area (Å²) in [6.45, 7) is 4.39. The molecule has 1 aliphatic carbocycles. The third-order valence-corrected chi connectivity index (χ3v) is 7.51. The number of carbonyl (C=O) groups is 2. The number of aldehydes is 1. The van der Waals surface area contributed by atoms with Gasteiger partial charge in [-0.1, -0.05) is 18.2 Å². The highest BCUT2D eigenvalue weighted by molar-refractivity contribution is 5.96. The minimum Gasteiger partial charge on any atom is -0.377 e. The maximum atomic E-state index is 12.7. The zero-order valence-electron chi connectivity index (χ0n) is 15.6. The number of rotatable bonds is 1. The van der Waals surface area contributed by atoms with Gasteiger partial charge < -0.3 is 24.3 Å². The molecule has 7 atom stereocenters. The fourth-order valence-corrected chi connectivity index (χ4v) is 6.46. The molecule has 0 aromatic heterocycles. The number of hydrogen-bond acceptors (Lipinski definition) is 5. The van der Waals surface area contributed by atoms with E-state index in [1.165, 1.54) is 0 Å². The number of aliphatic hydroxyl groups is 1. The van der Waals surface area contributed by atoms with Crippen molar-refractivity contribution in [3.8, 4) is 0 Å². The van der Waals surface area contributed by atoms with Crippen LogP contribution >= 0.6 is 0 Å². The average molecular weight is 371 g/mol. The monoisotopic (exact) mass is 371 g/mol. The number of carbonyl (C=O) groups excluding carboxylic acids is 2. The van der Waals surface area contributed by atoms with Crippen molar-refractivity contribution in [2.24, 2.45) is 17.8 Å². The second-order valence-electron chi connectivity index (χ2n) is 8.49. The molecule has 7 unspecified atom stereocenters. The Kier molecular flexibility index (Phi) is 3.61. The van der Waals surface area contributed by atoms with Crippen molar-refractivity contribution in [2.75, 3.05) is 18.1 Å². The van der Waals surface area contributed by atoms with Crippen molar-refractivity contribution >= 4 is 17.9 Å². The lowest BCUT2D eigenvalue weighted by molar-refractivity contribution is -0.257. The van der Waals surface area contributed by atoms with Crippen molar-refractivity contribution in [1.82, 2.24) is 0 Å². The number of hydrogen-bond donors (Lipinski definition) is 1. The lowest BCUT2D eigenvalue weighted by Crippen LogP contribution is -2.69. The fraction of sp³-hybridized carbons (Fsp3) is 0.619. The van der Waals surface area contributed by atoms with Crippen molar-refractivity contribution in [2.45, 2.75) is 50.0 Å². The van der Waals surface area contributed by atoms with Crippen LogP contribution in [-0.4, -0.2) is 48.4 Å². The maximum Gasteiger partial charge on any atom is 0.224 e. The predicted octanol–water partition coefficient (Wildman–Crippen LogP) is 1.64. The molecule has 3 aliphatic heterocycles. The molecule has 144 valence electrons. The minimum atomic E-state index is -1.38. The highest BCUT2D eigenvalue weighted by Gasteiger charge is 2.73. The quantitative estimate of drug-likeness (QED) is 0.760. The zero-order chi connectivity index (χ0) is 19.0. The molecule has 1 N–H and O–H groups in total. The van der Waals surface area contributed by atoms with Gasteiger partial charge in [0.1, 0.15) is 6.29 Å². The number of nitrogens with zero attached hydrogens (tertiary/aromatic N) is 1. The second-order valence-corrected chi connectivity index (χ2v) is 8.49. The standard InChI is InChI=1S/C21H25NO5/c1-12-15(10-23)14-9-21(25)20(7-8-27-21)17-5-3-4-6-18(17)22(13(2)24)19(20)16(14)11-26-12/h3-6,10,12,14-16,19,25H,7-9,11H2,1-2H3. The van der Waals surface area contributed by atoms with Crippen LogP contribution in [0, 0.1) is 17.8 Å². The Morgan fingerprint density at radius 2 is 2.11 bits per heavy atom. The topological polar surface area (TPSA) is 76.1 Å². The van der Waals surface area contributed by atoms with E-state index in [1.54, 1.807) is 6.92 Å². The number of para-hydroxylation sites is 1. The SMILES string of the molecule is CC(=O)N1c2ccccc2C23CCOC2(O)CC2C(C=O)C(C)OCC2C13. The van der Waals surface area contributed by atoms with E-state index in [1.807, 2.05) is 36.1 Å². The van der Waals surface area contributed by atoms with Crippen LogP contribution in [0.15, 0.2) is 24.3 Å². The molecular weight excluding hydrogens is 346 g/mol. The first-order valence-electron chi connectivity index (χ1n) is 9.77. The van der Waals surface area contributed by atoms with Gasteiger partial charge in [-0.25, -0.2) is 0 Å². The number of amides is 1. The van der Waals surface area contributed by atoms with Gasteiger partial charge in [0.2, 0.25) is 5.91 Å². The molecule has 5 rings (SSSR count). The van der Waals surface area contributed by atoms with Crippen LogP contribution in [0.3, 0.4) is 0 Å². The summed E-state index contributed by atoms with van der Waals surface area (Å²) in [7, 11) is 0. The van der Waals surface area contributed by atoms with Crippen molar-refractivity contribution in [1.29, 1.82) is 0 Å². The Balaban J connectivity index is 1.74. The van der Waals surface area contributed by atoms with Gasteiger partial charge in [0.15, 0.2) is 5.79 Å². The summed E-state index contributed by atoms with van der Waals surface area (Å²) in [4.78, 5) is 26.4. The smallest absolute Gasteiger partial charge is 0.224 e. The third kappa shape index (κ3) is 1.96. The Morgan fingerprint density at radius 1 is 1.33 bits per heavy atom. The summed E-state index contributed by atoms with van der Waals surface area (Å²) in [6, 6.07) is 7.55. The summed E-state index contributed by atoms with van der Waals surface area (Å²) in [6.07, 6.45) is 1.80. The highest BCUT2D eigenvalue weighted by atomic mass is 16.6. The molecular formula is C21H25NO5. The largest absolute Gasteiger partial charge is 0.377 e. The normalized spacial score (nSPS) is 44.9. The van der Waals surface area contributed by atoms with Gasteiger partial charge in [-0.15, -0.1) is 0 Å². The van der Waals surface area contributed by atoms with Gasteiger partial charge in [0.05, 0.1) is 30.8 Å². The van der Waals surface area contributed by atoms with E-state index in [0.29, 0.717) is 26.1 Å². The molecule has 1 saturated carbocycles. The summed E-state index contributed by atoms with van der Waals surface area (Å²) in [5.74, 6) is -1.84. The van der Waals surface area contributed by atoms with Crippen LogP contribution in [-0.2, 0) is 24.5 Å². The number of fused-ring (bicyclic) bond motifs is 3. The Morgan fingerprint density at radius 3 is 2.85 bits per heavy atom. The Hall–Kier alpha value is -1.76. The zero-order valence-corrected chi connectivity index (χ0v) is 15.6. The van der Waals surface area contributed by atoms with Crippen molar-refractivity contribution < 1.29 is 24.2 Å². The lowest BCUT2D eigenvalue weighted by Gasteiger charge is -2.57. The molecule has 4 aliphatic rings. The van der Waals surface area contributed by atoms with E-state index in [-0.39, 0.29) is 35.8 Å². The number of benzene rings is 1. The van der Waals surface area contributed by atoms with Gasteiger partial charge in [-0.2, -0.15) is 0 Å². The molecule has 6 nitrogen and oxygen atoms in total. The molecule has 0 bridgehead atoms. The van der Waals surface area contributed by atoms with Crippen LogP contribution in [0.5, 0.6) is 0 Å². The van der Waals surface area contributed by atoms with E-state index in [2.05, 4.69) is 0 Å². The van der Waals surface area contributed by atoms with Gasteiger partial charge in [-0.05, 0) is 30.9 Å². The summed E-state index contributed by atoms with van der Waals surface area (Å²) < 4.78 is 11.9. The Bertz CT molecular complexity index is 812. The molecule has 3 heterocycles. The minimum absolute atomic E-state index is 0.0188. The van der Waals surface area contributed by atoms with E-state index in [4.69, 9.17) is 9.47 Å². The van der Waals surface area contributed by atoms with Crippen LogP contribution in [0.1, 0.15) is 32.3 Å². The number of anilines is 1. The van der Waals surface area contributed by atoms with Crippen molar-refractivity contribution in [3.63, 3.8) is 0 Å². The van der Waals surface area contributed by atoms with E-state index in [0.717, 1.165) is 17.5 Å². The molecule has 0 radical (unpaired) electrons. The molecule has 1 aromatic carbocycles. The van der Waals surface area contributed by atoms with Gasteiger partial charge >= 0.3 is 0 Å². The van der Waals surface area contributed by atoms with Crippen LogP contribution in [0.4, 0.5) is 5.69 Å². The first-order valence-corrected chi connectivity index (χ1v) is 9.77. The maximum absolute atomic E-state index is 12.7. The molecule has 2 saturated heterocycles. The first-order chi connectivity index (χ1) is 12.9. The van der Waals surface area contributed by atoms with Crippen LogP contribution in [0.25, 0.3) is 0 Å². The fourth-order valence-electron chi connectivity index (χ4n) is 6.46. The second kappa shape index (κ2) is 5.63. The Labute approximate surface area is 158 Å². The van der Waals surface area contributed by atoms with E-state index < -0.39 is 11.2 Å². The van der Waals surface area contributed by atoms with E-state index >= 15 is 0 Å². The third-order valence-electron chi connectivity index (χ3n) is 7.51. The molecule has 1 amide bonds. The van der Waals surface area contributed by atoms with Crippen molar-refractivity contribution in [3.05, 3.63) is 29.8 Å². The van der Waals surface area contributed by atoms with Crippen LogP contribution < -0.4 is 4.90 Å². The molecule has 27 heavy (non-hydrogen) atoms. The summed E-state index contributed by atoms with van der Waals surface area (Å²) in [5, 5.41) is 11.7. The molecule has 6 heteroatoms. The molecule has 1 spiro atoms. The summed E-state index contributed by atoms with van der Waals surface area (Å²) in [5.41, 5.74) is 1.15. The predicted molar refractivity (Wildman–Crippen MR) is 97.2 cm³/mol. The first kappa shape index (κ1) is 17.3. The highest BCUT2D eigenvalue weighted by Crippen LogP contribution is 2.65. The van der Waals surface area contributed by atoms with Gasteiger partial charge in [0.25, 0.3) is 0 Å². The van der Waals surface area contributed by atoms with Crippen LogP contribution in [0.2, 0.25) is 0 Å². The lowest BCUT2D eigenvalue weighted by atomic mass is 9.54.